The van der Waals surface area contributed by atoms with Crippen LogP contribution >= 0.6 is 0 Å². The van der Waals surface area contributed by atoms with Gasteiger partial charge in [-0.25, -0.2) is 0 Å². The van der Waals surface area contributed by atoms with Gasteiger partial charge in [0.15, 0.2) is 0 Å². The number of hydrogen-bond donors (Lipinski definition) is 2. The van der Waals surface area contributed by atoms with Crippen molar-refractivity contribution in [2.45, 2.75) is 47.0 Å². The molecule has 2 N–H and O–H groups in total. The van der Waals surface area contributed by atoms with Gasteiger partial charge in [0.2, 0.25) is 11.8 Å². The number of rotatable bonds is 10. The third kappa shape index (κ3) is 7.49. The Morgan fingerprint density at radius 3 is 2.04 bits per heavy atom. The Labute approximate surface area is 145 Å². The first-order valence-corrected chi connectivity index (χ1v) is 8.87. The molecule has 0 aromatic heterocycles. The van der Waals surface area contributed by atoms with Crippen molar-refractivity contribution in [3.63, 3.8) is 0 Å². The number of benzene rings is 1. The molecule has 134 valence electrons. The number of nitrogens with zero attached hydrogens (tertiary/aromatic N) is 1. The molecule has 0 aliphatic rings. The highest BCUT2D eigenvalue weighted by molar-refractivity contribution is 5.91. The third-order valence-electron chi connectivity index (χ3n) is 3.55. The molecule has 0 aliphatic heterocycles. The molecule has 0 saturated heterocycles. The van der Waals surface area contributed by atoms with Gasteiger partial charge in [0.05, 0.1) is 6.54 Å². The van der Waals surface area contributed by atoms with Crippen LogP contribution in [0.15, 0.2) is 24.3 Å². The Hall–Kier alpha value is -2.04. The summed E-state index contributed by atoms with van der Waals surface area (Å²) >= 11 is 0. The van der Waals surface area contributed by atoms with E-state index >= 15 is 0 Å². The van der Waals surface area contributed by atoms with Crippen LogP contribution in [0.4, 0.5) is 11.4 Å². The summed E-state index contributed by atoms with van der Waals surface area (Å²) in [6.45, 7) is 10.1. The van der Waals surface area contributed by atoms with Gasteiger partial charge in [-0.2, -0.15) is 0 Å². The van der Waals surface area contributed by atoms with E-state index in [0.717, 1.165) is 37.3 Å². The van der Waals surface area contributed by atoms with Crippen molar-refractivity contribution in [1.82, 2.24) is 4.90 Å². The molecule has 5 nitrogen and oxygen atoms in total. The van der Waals surface area contributed by atoms with E-state index in [9.17, 15) is 9.59 Å². The minimum atomic E-state index is 0.0238. The lowest BCUT2D eigenvalue weighted by molar-refractivity contribution is -0.129. The Kier molecular flexibility index (Phi) is 8.90. The first-order valence-electron chi connectivity index (χ1n) is 8.87. The summed E-state index contributed by atoms with van der Waals surface area (Å²) in [6.07, 6.45) is 2.45. The molecule has 0 aliphatic carbocycles. The highest BCUT2D eigenvalue weighted by Crippen LogP contribution is 2.14. The van der Waals surface area contributed by atoms with E-state index in [-0.39, 0.29) is 11.8 Å². The van der Waals surface area contributed by atoms with Crippen LogP contribution in [0.5, 0.6) is 0 Å². The topological polar surface area (TPSA) is 61.4 Å². The first-order chi connectivity index (χ1) is 11.5. The molecule has 0 heterocycles. The fourth-order valence-electron chi connectivity index (χ4n) is 2.44. The molecule has 1 aromatic carbocycles. The van der Waals surface area contributed by atoms with Gasteiger partial charge in [0.1, 0.15) is 0 Å². The van der Waals surface area contributed by atoms with Gasteiger partial charge < -0.3 is 15.5 Å². The molecule has 0 bridgehead atoms. The predicted octanol–water partition coefficient (Wildman–Crippen LogP) is 3.73. The van der Waals surface area contributed by atoms with Gasteiger partial charge in [-0.05, 0) is 43.0 Å². The van der Waals surface area contributed by atoms with E-state index in [1.165, 1.54) is 0 Å². The van der Waals surface area contributed by atoms with Crippen molar-refractivity contribution in [3.05, 3.63) is 24.3 Å². The van der Waals surface area contributed by atoms with Crippen LogP contribution in [0.25, 0.3) is 0 Å². The van der Waals surface area contributed by atoms with E-state index in [0.29, 0.717) is 18.9 Å². The number of amides is 2. The Bertz CT molecular complexity index is 506. The Morgan fingerprint density at radius 1 is 1.00 bits per heavy atom. The molecular formula is C19H31N3O2. The highest BCUT2D eigenvalue weighted by Gasteiger charge is 2.11. The highest BCUT2D eigenvalue weighted by atomic mass is 16.2. The zero-order chi connectivity index (χ0) is 17.9. The molecule has 1 rings (SSSR count). The summed E-state index contributed by atoms with van der Waals surface area (Å²) in [5.41, 5.74) is 1.65. The van der Waals surface area contributed by atoms with Crippen molar-refractivity contribution in [3.8, 4) is 0 Å². The molecule has 2 amide bonds. The van der Waals surface area contributed by atoms with E-state index in [4.69, 9.17) is 0 Å². The molecule has 0 spiro atoms. The number of carbonyl (C=O) groups excluding carboxylic acids is 2. The van der Waals surface area contributed by atoms with E-state index in [2.05, 4.69) is 24.5 Å². The van der Waals surface area contributed by atoms with E-state index < -0.39 is 0 Å². The van der Waals surface area contributed by atoms with Crippen LogP contribution in [0.2, 0.25) is 0 Å². The lowest BCUT2D eigenvalue weighted by Crippen LogP contribution is -2.36. The molecule has 0 fully saturated rings. The van der Waals surface area contributed by atoms with Crippen LogP contribution in [0.1, 0.15) is 47.0 Å². The summed E-state index contributed by atoms with van der Waals surface area (Å²) in [6, 6.07) is 7.45. The van der Waals surface area contributed by atoms with E-state index in [1.54, 1.807) is 0 Å². The molecule has 24 heavy (non-hydrogen) atoms. The van der Waals surface area contributed by atoms with Crippen LogP contribution in [0, 0.1) is 5.92 Å². The zero-order valence-corrected chi connectivity index (χ0v) is 15.4. The summed E-state index contributed by atoms with van der Waals surface area (Å²) < 4.78 is 0. The quantitative estimate of drug-likeness (QED) is 0.686. The lowest BCUT2D eigenvalue weighted by atomic mass is 10.1. The molecule has 0 saturated carbocycles. The maximum atomic E-state index is 12.2. The van der Waals surface area contributed by atoms with Crippen LogP contribution in [-0.4, -0.2) is 36.3 Å². The van der Waals surface area contributed by atoms with Gasteiger partial charge in [0, 0.05) is 30.9 Å². The smallest absolute Gasteiger partial charge is 0.241 e. The fraction of sp³-hybridized carbons (Fsp3) is 0.579. The monoisotopic (exact) mass is 333 g/mol. The second-order valence-corrected chi connectivity index (χ2v) is 6.46. The molecule has 1 aromatic rings. The number of carbonyl (C=O) groups is 2. The summed E-state index contributed by atoms with van der Waals surface area (Å²) in [5, 5.41) is 6.03. The summed E-state index contributed by atoms with van der Waals surface area (Å²) in [4.78, 5) is 25.9. The first kappa shape index (κ1) is 20.0. The Morgan fingerprint density at radius 2 is 1.54 bits per heavy atom. The minimum Gasteiger partial charge on any atom is -0.376 e. The van der Waals surface area contributed by atoms with Crippen molar-refractivity contribution in [2.75, 3.05) is 30.3 Å². The summed E-state index contributed by atoms with van der Waals surface area (Å²) in [7, 11) is 0. The standard InChI is InChI=1S/C19H31N3O2/c1-5-11-22(12-6-2)19(24)14-20-16-7-9-17(10-8-16)21-18(23)13-15(3)4/h7-10,15,20H,5-6,11-14H2,1-4H3,(H,21,23). The molecule has 0 unspecified atom stereocenters. The molecule has 0 atom stereocenters. The van der Waals surface area contributed by atoms with Crippen LogP contribution in [-0.2, 0) is 9.59 Å². The average Bonchev–Trinajstić information content (AvgIpc) is 2.53. The van der Waals surface area contributed by atoms with Gasteiger partial charge in [-0.1, -0.05) is 27.7 Å². The number of nitrogens with one attached hydrogen (secondary N) is 2. The van der Waals surface area contributed by atoms with Gasteiger partial charge in [-0.15, -0.1) is 0 Å². The second-order valence-electron chi connectivity index (χ2n) is 6.46. The fourth-order valence-corrected chi connectivity index (χ4v) is 2.44. The minimum absolute atomic E-state index is 0.0238. The normalized spacial score (nSPS) is 10.5. The number of hydrogen-bond acceptors (Lipinski definition) is 3. The van der Waals surface area contributed by atoms with Gasteiger partial charge >= 0.3 is 0 Å². The molecular weight excluding hydrogens is 302 g/mol. The lowest BCUT2D eigenvalue weighted by Gasteiger charge is -2.21. The van der Waals surface area contributed by atoms with Crippen LogP contribution in [0.3, 0.4) is 0 Å². The summed E-state index contributed by atoms with van der Waals surface area (Å²) in [5.74, 6) is 0.481. The Balaban J connectivity index is 2.49. The van der Waals surface area contributed by atoms with Crippen LogP contribution < -0.4 is 10.6 Å². The number of anilines is 2. The zero-order valence-electron chi connectivity index (χ0n) is 15.4. The van der Waals surface area contributed by atoms with Crippen molar-refractivity contribution >= 4 is 23.2 Å². The third-order valence-corrected chi connectivity index (χ3v) is 3.55. The maximum absolute atomic E-state index is 12.2. The van der Waals surface area contributed by atoms with Gasteiger partial charge in [-0.3, -0.25) is 9.59 Å². The SMILES string of the molecule is CCCN(CCC)C(=O)CNc1ccc(NC(=O)CC(C)C)cc1. The molecule has 0 radical (unpaired) electrons. The average molecular weight is 333 g/mol. The van der Waals surface area contributed by atoms with Gasteiger partial charge in [0.25, 0.3) is 0 Å². The maximum Gasteiger partial charge on any atom is 0.241 e. The second kappa shape index (κ2) is 10.7. The predicted molar refractivity (Wildman–Crippen MR) is 100 cm³/mol. The van der Waals surface area contributed by atoms with Crippen molar-refractivity contribution < 1.29 is 9.59 Å². The van der Waals surface area contributed by atoms with E-state index in [1.807, 2.05) is 43.0 Å². The van der Waals surface area contributed by atoms with Crippen molar-refractivity contribution in [2.24, 2.45) is 5.92 Å². The van der Waals surface area contributed by atoms with Crippen molar-refractivity contribution in [1.29, 1.82) is 0 Å². The largest absolute Gasteiger partial charge is 0.376 e. The molecule has 5 heteroatoms.